The summed E-state index contributed by atoms with van der Waals surface area (Å²) >= 11 is 0. The van der Waals surface area contributed by atoms with Crippen molar-refractivity contribution in [2.24, 2.45) is 0 Å². The van der Waals surface area contributed by atoms with Gasteiger partial charge in [0.1, 0.15) is 18.8 Å². The van der Waals surface area contributed by atoms with E-state index in [0.29, 0.717) is 22.9 Å². The highest BCUT2D eigenvalue weighted by Crippen LogP contribution is 2.34. The molecule has 5 nitrogen and oxygen atoms in total. The number of ether oxygens (including phenoxy) is 2. The minimum atomic E-state index is -0.478. The molecule has 0 spiro atoms. The molecule has 0 saturated heterocycles. The molecule has 2 aromatic carbocycles. The van der Waals surface area contributed by atoms with Crippen LogP contribution in [0.3, 0.4) is 0 Å². The highest BCUT2D eigenvalue weighted by molar-refractivity contribution is 5.93. The van der Waals surface area contributed by atoms with Crippen LogP contribution in [-0.4, -0.2) is 24.2 Å². The first-order valence-corrected chi connectivity index (χ1v) is 7.04. The molecular weight excluding hydrogens is 297 g/mol. The number of aromatic nitrogens is 2. The van der Waals surface area contributed by atoms with Crippen LogP contribution in [0.5, 0.6) is 11.5 Å². The van der Waals surface area contributed by atoms with Crippen LogP contribution in [-0.2, 0) is 6.67 Å². The molecule has 0 saturated carbocycles. The average molecular weight is 313 g/mol. The molecule has 23 heavy (non-hydrogen) atoms. The second-order valence-corrected chi connectivity index (χ2v) is 4.90. The predicted octanol–water partition coefficient (Wildman–Crippen LogP) is 3.86. The number of alkyl halides is 1. The first-order valence-electron chi connectivity index (χ1n) is 7.04. The molecule has 0 amide bonds. The van der Waals surface area contributed by atoms with E-state index in [1.165, 1.54) is 6.33 Å². The predicted molar refractivity (Wildman–Crippen MR) is 87.2 cm³/mol. The molecule has 0 bridgehead atoms. The molecule has 1 aromatic heterocycles. The zero-order valence-corrected chi connectivity index (χ0v) is 12.8. The van der Waals surface area contributed by atoms with Gasteiger partial charge in [0.25, 0.3) is 0 Å². The third-order valence-electron chi connectivity index (χ3n) is 3.51. The van der Waals surface area contributed by atoms with E-state index in [2.05, 4.69) is 15.3 Å². The summed E-state index contributed by atoms with van der Waals surface area (Å²) in [5.41, 5.74) is 2.19. The van der Waals surface area contributed by atoms with Crippen LogP contribution in [0.4, 0.5) is 15.9 Å². The van der Waals surface area contributed by atoms with Gasteiger partial charge in [-0.25, -0.2) is 14.4 Å². The Balaban J connectivity index is 2.02. The SMILES string of the molecule is COc1cc2ncnc(Nc3ccc(CF)cc3)c2cc1OC. The highest BCUT2D eigenvalue weighted by atomic mass is 19.1. The molecule has 3 aromatic rings. The number of nitrogens with one attached hydrogen (secondary N) is 1. The maximum Gasteiger partial charge on any atom is 0.162 e. The topological polar surface area (TPSA) is 56.3 Å². The highest BCUT2D eigenvalue weighted by Gasteiger charge is 2.11. The monoisotopic (exact) mass is 313 g/mol. The summed E-state index contributed by atoms with van der Waals surface area (Å²) in [7, 11) is 3.16. The fourth-order valence-electron chi connectivity index (χ4n) is 2.30. The number of halogens is 1. The quantitative estimate of drug-likeness (QED) is 0.775. The Kier molecular flexibility index (Phi) is 4.23. The van der Waals surface area contributed by atoms with E-state index < -0.39 is 6.67 Å². The van der Waals surface area contributed by atoms with Gasteiger partial charge in [-0.1, -0.05) is 12.1 Å². The molecular formula is C17H16FN3O2. The van der Waals surface area contributed by atoms with Crippen LogP contribution in [0.25, 0.3) is 10.9 Å². The van der Waals surface area contributed by atoms with Crippen molar-refractivity contribution in [2.45, 2.75) is 6.67 Å². The van der Waals surface area contributed by atoms with E-state index in [4.69, 9.17) is 9.47 Å². The summed E-state index contributed by atoms with van der Waals surface area (Å²) < 4.78 is 23.2. The number of anilines is 2. The molecule has 3 rings (SSSR count). The summed E-state index contributed by atoms with van der Waals surface area (Å²) in [6.45, 7) is -0.478. The second kappa shape index (κ2) is 6.48. The Bertz CT molecular complexity index is 822. The van der Waals surface area contributed by atoms with E-state index in [9.17, 15) is 4.39 Å². The summed E-state index contributed by atoms with van der Waals surface area (Å²) in [5, 5.41) is 4.02. The van der Waals surface area contributed by atoms with Crippen LogP contribution in [0.1, 0.15) is 5.56 Å². The van der Waals surface area contributed by atoms with Gasteiger partial charge < -0.3 is 14.8 Å². The Morgan fingerprint density at radius 2 is 1.70 bits per heavy atom. The van der Waals surface area contributed by atoms with E-state index in [0.717, 1.165) is 16.6 Å². The van der Waals surface area contributed by atoms with Crippen LogP contribution < -0.4 is 14.8 Å². The van der Waals surface area contributed by atoms with Gasteiger partial charge in [0, 0.05) is 17.1 Å². The first-order chi connectivity index (χ1) is 11.2. The number of fused-ring (bicyclic) bond motifs is 1. The van der Waals surface area contributed by atoms with Crippen LogP contribution >= 0.6 is 0 Å². The van der Waals surface area contributed by atoms with Gasteiger partial charge in [-0.05, 0) is 23.8 Å². The standard InChI is InChI=1S/C17H16FN3O2/c1-22-15-7-13-14(8-16(15)23-2)19-10-20-17(13)21-12-5-3-11(9-18)4-6-12/h3-8,10H,9H2,1-2H3,(H,19,20,21). The summed E-state index contributed by atoms with van der Waals surface area (Å²) in [6, 6.07) is 10.7. The molecule has 1 heterocycles. The smallest absolute Gasteiger partial charge is 0.162 e. The zero-order chi connectivity index (χ0) is 16.2. The van der Waals surface area contributed by atoms with Crippen molar-refractivity contribution in [1.82, 2.24) is 9.97 Å². The third-order valence-corrected chi connectivity index (χ3v) is 3.51. The van der Waals surface area contributed by atoms with Crippen LogP contribution in [0.2, 0.25) is 0 Å². The van der Waals surface area contributed by atoms with Crippen molar-refractivity contribution < 1.29 is 13.9 Å². The number of hydrogen-bond acceptors (Lipinski definition) is 5. The zero-order valence-electron chi connectivity index (χ0n) is 12.8. The molecule has 0 aliphatic carbocycles. The second-order valence-electron chi connectivity index (χ2n) is 4.90. The molecule has 118 valence electrons. The van der Waals surface area contributed by atoms with Gasteiger partial charge in [0.05, 0.1) is 19.7 Å². The number of benzene rings is 2. The normalized spacial score (nSPS) is 10.6. The maximum atomic E-state index is 12.6. The number of methoxy groups -OCH3 is 2. The Morgan fingerprint density at radius 3 is 2.35 bits per heavy atom. The van der Waals surface area contributed by atoms with Crippen LogP contribution in [0.15, 0.2) is 42.7 Å². The molecule has 0 radical (unpaired) electrons. The van der Waals surface area contributed by atoms with Gasteiger partial charge in [0.15, 0.2) is 11.5 Å². The van der Waals surface area contributed by atoms with E-state index >= 15 is 0 Å². The Hall–Kier alpha value is -2.89. The molecule has 6 heteroatoms. The third kappa shape index (κ3) is 3.01. The molecule has 0 fully saturated rings. The van der Waals surface area contributed by atoms with Crippen molar-refractivity contribution in [3.8, 4) is 11.5 Å². The minimum absolute atomic E-state index is 0.478. The van der Waals surface area contributed by atoms with Gasteiger partial charge >= 0.3 is 0 Å². The Morgan fingerprint density at radius 1 is 1.00 bits per heavy atom. The van der Waals surface area contributed by atoms with Gasteiger partial charge in [0.2, 0.25) is 0 Å². The molecule has 1 N–H and O–H groups in total. The lowest BCUT2D eigenvalue weighted by atomic mass is 10.2. The molecule has 0 aliphatic rings. The van der Waals surface area contributed by atoms with Crippen molar-refractivity contribution in [2.75, 3.05) is 19.5 Å². The number of hydrogen-bond donors (Lipinski definition) is 1. The van der Waals surface area contributed by atoms with E-state index in [-0.39, 0.29) is 0 Å². The van der Waals surface area contributed by atoms with E-state index in [1.54, 1.807) is 32.4 Å². The number of rotatable bonds is 5. The van der Waals surface area contributed by atoms with Crippen molar-refractivity contribution in [3.63, 3.8) is 0 Å². The first kappa shape index (κ1) is 15.0. The maximum absolute atomic E-state index is 12.6. The van der Waals surface area contributed by atoms with Crippen molar-refractivity contribution >= 4 is 22.4 Å². The molecule has 0 unspecified atom stereocenters. The van der Waals surface area contributed by atoms with Gasteiger partial charge in [-0.15, -0.1) is 0 Å². The van der Waals surface area contributed by atoms with Gasteiger partial charge in [-0.3, -0.25) is 0 Å². The fraction of sp³-hybridized carbons (Fsp3) is 0.176. The van der Waals surface area contributed by atoms with Crippen LogP contribution in [0, 0.1) is 0 Å². The van der Waals surface area contributed by atoms with Crippen molar-refractivity contribution in [3.05, 3.63) is 48.3 Å². The molecule has 0 aliphatic heterocycles. The van der Waals surface area contributed by atoms with E-state index in [1.807, 2.05) is 18.2 Å². The van der Waals surface area contributed by atoms with Gasteiger partial charge in [-0.2, -0.15) is 0 Å². The number of nitrogens with zero attached hydrogens (tertiary/aromatic N) is 2. The lowest BCUT2D eigenvalue weighted by molar-refractivity contribution is 0.356. The van der Waals surface area contributed by atoms with Crippen molar-refractivity contribution in [1.29, 1.82) is 0 Å². The lowest BCUT2D eigenvalue weighted by Crippen LogP contribution is -1.98. The average Bonchev–Trinajstić information content (AvgIpc) is 2.61. The summed E-state index contributed by atoms with van der Waals surface area (Å²) in [4.78, 5) is 8.54. The molecule has 0 atom stereocenters. The largest absolute Gasteiger partial charge is 0.493 e. The fourth-order valence-corrected chi connectivity index (χ4v) is 2.30. The Labute approximate surface area is 133 Å². The summed E-state index contributed by atoms with van der Waals surface area (Å²) in [6.07, 6.45) is 1.48. The lowest BCUT2D eigenvalue weighted by Gasteiger charge is -2.12. The minimum Gasteiger partial charge on any atom is -0.493 e. The summed E-state index contributed by atoms with van der Waals surface area (Å²) in [5.74, 6) is 1.85.